The van der Waals surface area contributed by atoms with E-state index < -0.39 is 0 Å². The van der Waals surface area contributed by atoms with Crippen molar-refractivity contribution in [1.82, 2.24) is 15.5 Å². The van der Waals surface area contributed by atoms with Gasteiger partial charge in [-0.3, -0.25) is 4.99 Å². The van der Waals surface area contributed by atoms with Gasteiger partial charge >= 0.3 is 0 Å². The molecule has 2 N–H and O–H groups in total. The first-order valence-electron chi connectivity index (χ1n) is 9.31. The minimum Gasteiger partial charge on any atom is -0.356 e. The van der Waals surface area contributed by atoms with E-state index in [0.29, 0.717) is 12.1 Å². The summed E-state index contributed by atoms with van der Waals surface area (Å²) < 4.78 is 0. The highest BCUT2D eigenvalue weighted by Crippen LogP contribution is 2.13. The van der Waals surface area contributed by atoms with Crippen LogP contribution in [-0.2, 0) is 0 Å². The molecule has 1 unspecified atom stereocenters. The molecule has 1 aliphatic rings. The van der Waals surface area contributed by atoms with Gasteiger partial charge in [0, 0.05) is 38.8 Å². The summed E-state index contributed by atoms with van der Waals surface area (Å²) in [5.41, 5.74) is 0. The van der Waals surface area contributed by atoms with Crippen LogP contribution in [0.25, 0.3) is 0 Å². The second kappa shape index (κ2) is 10.9. The van der Waals surface area contributed by atoms with Crippen LogP contribution in [0.2, 0.25) is 0 Å². The number of rotatable bonds is 8. The van der Waals surface area contributed by atoms with Gasteiger partial charge in [-0.25, -0.2) is 0 Å². The molecule has 22 heavy (non-hydrogen) atoms. The number of likely N-dealkylation sites (tertiary alicyclic amines) is 1. The van der Waals surface area contributed by atoms with E-state index in [1.54, 1.807) is 0 Å². The monoisotopic (exact) mass is 310 g/mol. The number of unbranched alkanes of at least 4 members (excludes halogenated alkanes) is 1. The SMILES string of the molecule is CCCCC(CC)CNC(=NC)NC1CCN(C(C)C)CC1. The van der Waals surface area contributed by atoms with Crippen LogP contribution in [0.5, 0.6) is 0 Å². The molecule has 1 atom stereocenters. The molecular formula is C18H38N4. The molecule has 0 aliphatic carbocycles. The highest BCUT2D eigenvalue weighted by atomic mass is 15.2. The predicted molar refractivity (Wildman–Crippen MR) is 97.5 cm³/mol. The van der Waals surface area contributed by atoms with Crippen molar-refractivity contribution in [2.24, 2.45) is 10.9 Å². The molecule has 1 heterocycles. The molecule has 0 aromatic heterocycles. The van der Waals surface area contributed by atoms with Gasteiger partial charge in [0.25, 0.3) is 0 Å². The Bertz CT molecular complexity index is 306. The number of hydrogen-bond donors (Lipinski definition) is 2. The van der Waals surface area contributed by atoms with Gasteiger partial charge in [0.1, 0.15) is 0 Å². The predicted octanol–water partition coefficient (Wildman–Crippen LogP) is 3.24. The normalized spacial score (nSPS) is 19.5. The average molecular weight is 311 g/mol. The summed E-state index contributed by atoms with van der Waals surface area (Å²) in [6, 6.07) is 1.24. The number of nitrogens with zero attached hydrogens (tertiary/aromatic N) is 2. The zero-order chi connectivity index (χ0) is 16.4. The third kappa shape index (κ3) is 6.99. The summed E-state index contributed by atoms with van der Waals surface area (Å²) in [4.78, 5) is 6.97. The summed E-state index contributed by atoms with van der Waals surface area (Å²) in [7, 11) is 1.88. The van der Waals surface area contributed by atoms with Crippen LogP contribution in [0.3, 0.4) is 0 Å². The lowest BCUT2D eigenvalue weighted by molar-refractivity contribution is 0.167. The molecule has 0 aromatic carbocycles. The summed E-state index contributed by atoms with van der Waals surface area (Å²) >= 11 is 0. The summed E-state index contributed by atoms with van der Waals surface area (Å²) in [6.07, 6.45) is 7.62. The van der Waals surface area contributed by atoms with Crippen LogP contribution in [0, 0.1) is 5.92 Å². The van der Waals surface area contributed by atoms with E-state index in [0.717, 1.165) is 18.4 Å². The number of aliphatic imine (C=N–C) groups is 1. The van der Waals surface area contributed by atoms with Gasteiger partial charge in [0.2, 0.25) is 0 Å². The van der Waals surface area contributed by atoms with E-state index in [4.69, 9.17) is 0 Å². The maximum Gasteiger partial charge on any atom is 0.191 e. The van der Waals surface area contributed by atoms with E-state index in [1.165, 1.54) is 51.6 Å². The lowest BCUT2D eigenvalue weighted by Crippen LogP contribution is -2.50. The Morgan fingerprint density at radius 3 is 2.41 bits per heavy atom. The van der Waals surface area contributed by atoms with E-state index in [1.807, 2.05) is 7.05 Å². The lowest BCUT2D eigenvalue weighted by Gasteiger charge is -2.35. The minimum absolute atomic E-state index is 0.567. The van der Waals surface area contributed by atoms with Gasteiger partial charge < -0.3 is 15.5 Å². The summed E-state index contributed by atoms with van der Waals surface area (Å²) in [5, 5.41) is 7.15. The third-order valence-electron chi connectivity index (χ3n) is 4.93. The smallest absolute Gasteiger partial charge is 0.191 e. The molecule has 0 aromatic rings. The molecule has 4 nitrogen and oxygen atoms in total. The van der Waals surface area contributed by atoms with Crippen molar-refractivity contribution in [2.45, 2.75) is 78.3 Å². The molecule has 4 heteroatoms. The maximum atomic E-state index is 4.40. The van der Waals surface area contributed by atoms with Gasteiger partial charge in [-0.2, -0.15) is 0 Å². The Kier molecular flexibility index (Phi) is 9.53. The van der Waals surface area contributed by atoms with Gasteiger partial charge in [-0.15, -0.1) is 0 Å². The van der Waals surface area contributed by atoms with Crippen molar-refractivity contribution in [3.8, 4) is 0 Å². The Hall–Kier alpha value is -0.770. The summed E-state index contributed by atoms with van der Waals surface area (Å²) in [5.74, 6) is 1.75. The topological polar surface area (TPSA) is 39.7 Å². The van der Waals surface area contributed by atoms with Crippen LogP contribution < -0.4 is 10.6 Å². The van der Waals surface area contributed by atoms with Crippen LogP contribution in [0.1, 0.15) is 66.2 Å². The first-order chi connectivity index (χ1) is 10.6. The molecule has 0 bridgehead atoms. The Morgan fingerprint density at radius 2 is 1.91 bits per heavy atom. The Balaban J connectivity index is 2.31. The number of guanidine groups is 1. The fraction of sp³-hybridized carbons (Fsp3) is 0.944. The van der Waals surface area contributed by atoms with Crippen molar-refractivity contribution >= 4 is 5.96 Å². The highest BCUT2D eigenvalue weighted by Gasteiger charge is 2.21. The van der Waals surface area contributed by atoms with Crippen LogP contribution >= 0.6 is 0 Å². The van der Waals surface area contributed by atoms with E-state index in [-0.39, 0.29) is 0 Å². The van der Waals surface area contributed by atoms with E-state index in [9.17, 15) is 0 Å². The van der Waals surface area contributed by atoms with E-state index in [2.05, 4.69) is 48.2 Å². The van der Waals surface area contributed by atoms with Gasteiger partial charge in [0.05, 0.1) is 0 Å². The quantitative estimate of drug-likeness (QED) is 0.534. The zero-order valence-corrected chi connectivity index (χ0v) is 15.5. The molecule has 0 spiro atoms. The maximum absolute atomic E-state index is 4.40. The second-order valence-corrected chi connectivity index (χ2v) is 6.92. The van der Waals surface area contributed by atoms with E-state index >= 15 is 0 Å². The minimum atomic E-state index is 0.567. The molecule has 0 radical (unpaired) electrons. The fourth-order valence-corrected chi connectivity index (χ4v) is 3.13. The first kappa shape index (κ1) is 19.3. The Labute approximate surface area is 138 Å². The summed E-state index contributed by atoms with van der Waals surface area (Å²) in [6.45, 7) is 12.6. The number of piperidine rings is 1. The highest BCUT2D eigenvalue weighted by molar-refractivity contribution is 5.79. The van der Waals surface area contributed by atoms with Crippen molar-refractivity contribution in [1.29, 1.82) is 0 Å². The number of nitrogens with one attached hydrogen (secondary N) is 2. The van der Waals surface area contributed by atoms with Crippen molar-refractivity contribution in [3.05, 3.63) is 0 Å². The standard InChI is InChI=1S/C18H38N4/c1-6-8-9-16(7-2)14-20-18(19-5)21-17-10-12-22(13-11-17)15(3)4/h15-17H,6-14H2,1-5H3,(H2,19,20,21). The van der Waals surface area contributed by atoms with Gasteiger partial charge in [-0.05, 0) is 39.0 Å². The molecule has 1 aliphatic heterocycles. The average Bonchev–Trinajstić information content (AvgIpc) is 2.54. The molecule has 0 saturated carbocycles. The molecule has 130 valence electrons. The van der Waals surface area contributed by atoms with Crippen LogP contribution in [0.4, 0.5) is 0 Å². The van der Waals surface area contributed by atoms with Crippen LogP contribution in [0.15, 0.2) is 4.99 Å². The van der Waals surface area contributed by atoms with Crippen LogP contribution in [-0.4, -0.2) is 49.6 Å². The molecule has 1 saturated heterocycles. The Morgan fingerprint density at radius 1 is 1.23 bits per heavy atom. The third-order valence-corrected chi connectivity index (χ3v) is 4.93. The molecule has 0 amide bonds. The molecular weight excluding hydrogens is 272 g/mol. The largest absolute Gasteiger partial charge is 0.356 e. The first-order valence-corrected chi connectivity index (χ1v) is 9.31. The molecule has 1 fully saturated rings. The fourth-order valence-electron chi connectivity index (χ4n) is 3.13. The van der Waals surface area contributed by atoms with Gasteiger partial charge in [0.15, 0.2) is 5.96 Å². The zero-order valence-electron chi connectivity index (χ0n) is 15.5. The van der Waals surface area contributed by atoms with Crippen molar-refractivity contribution in [2.75, 3.05) is 26.7 Å². The lowest BCUT2D eigenvalue weighted by atomic mass is 9.99. The number of hydrogen-bond acceptors (Lipinski definition) is 2. The van der Waals surface area contributed by atoms with Crippen molar-refractivity contribution in [3.63, 3.8) is 0 Å². The van der Waals surface area contributed by atoms with Gasteiger partial charge in [-0.1, -0.05) is 33.1 Å². The second-order valence-electron chi connectivity index (χ2n) is 6.92. The molecule has 1 rings (SSSR count). The van der Waals surface area contributed by atoms with Crippen molar-refractivity contribution < 1.29 is 0 Å².